The lowest BCUT2D eigenvalue weighted by Crippen LogP contribution is -2.52. The van der Waals surface area contributed by atoms with E-state index in [0.29, 0.717) is 36.7 Å². The summed E-state index contributed by atoms with van der Waals surface area (Å²) < 4.78 is 5.74. The summed E-state index contributed by atoms with van der Waals surface area (Å²) in [6, 6.07) is 1.57. The van der Waals surface area contributed by atoms with Crippen molar-refractivity contribution >= 4 is 29.1 Å². The largest absolute Gasteiger partial charge is 0.375 e. The standard InChI is InChI=1S/C15H20Cl2N2O2/c1-9-11(5-12(16)18-13(9)17)14(20)19-6-10(7-19)8-21-15(2,3)4/h5,10H,6-8H2,1-4H3. The Kier molecular flexibility index (Phi) is 4.81. The number of amides is 1. The molecule has 1 aromatic heterocycles. The number of halogens is 2. The van der Waals surface area contributed by atoms with Crippen LogP contribution in [-0.4, -0.2) is 41.1 Å². The number of likely N-dealkylation sites (tertiary alicyclic amines) is 1. The van der Waals surface area contributed by atoms with Crippen molar-refractivity contribution in [2.24, 2.45) is 5.92 Å². The van der Waals surface area contributed by atoms with Crippen molar-refractivity contribution in [2.45, 2.75) is 33.3 Å². The highest BCUT2D eigenvalue weighted by atomic mass is 35.5. The minimum Gasteiger partial charge on any atom is -0.375 e. The topological polar surface area (TPSA) is 42.4 Å². The van der Waals surface area contributed by atoms with Gasteiger partial charge in [-0.25, -0.2) is 4.98 Å². The Hall–Kier alpha value is -0.840. The fourth-order valence-electron chi connectivity index (χ4n) is 2.15. The lowest BCUT2D eigenvalue weighted by atomic mass is 9.98. The zero-order chi connectivity index (χ0) is 15.8. The maximum absolute atomic E-state index is 12.4. The lowest BCUT2D eigenvalue weighted by Gasteiger charge is -2.40. The molecule has 1 aliphatic rings. The Bertz CT molecular complexity index is 549. The lowest BCUT2D eigenvalue weighted by molar-refractivity contribution is -0.0501. The summed E-state index contributed by atoms with van der Waals surface area (Å²) in [6.07, 6.45) is 0. The van der Waals surface area contributed by atoms with Crippen LogP contribution in [-0.2, 0) is 4.74 Å². The maximum Gasteiger partial charge on any atom is 0.254 e. The van der Waals surface area contributed by atoms with Gasteiger partial charge in [0, 0.05) is 24.6 Å². The van der Waals surface area contributed by atoms with E-state index < -0.39 is 0 Å². The van der Waals surface area contributed by atoms with Crippen molar-refractivity contribution in [3.05, 3.63) is 27.5 Å². The van der Waals surface area contributed by atoms with E-state index in [1.807, 2.05) is 20.8 Å². The highest BCUT2D eigenvalue weighted by Gasteiger charge is 2.33. The molecule has 0 N–H and O–H groups in total. The molecule has 1 fully saturated rings. The number of ether oxygens (including phenoxy) is 1. The molecule has 6 heteroatoms. The first-order valence-electron chi connectivity index (χ1n) is 6.93. The molecule has 0 saturated carbocycles. The summed E-state index contributed by atoms with van der Waals surface area (Å²) >= 11 is 11.8. The average Bonchev–Trinajstić information content (AvgIpc) is 2.30. The second-order valence-corrected chi connectivity index (χ2v) is 7.15. The van der Waals surface area contributed by atoms with Crippen LogP contribution in [0.2, 0.25) is 10.3 Å². The minimum atomic E-state index is -0.146. The third-order valence-electron chi connectivity index (χ3n) is 3.41. The van der Waals surface area contributed by atoms with Crippen molar-refractivity contribution in [1.82, 2.24) is 9.88 Å². The summed E-state index contributed by atoms with van der Waals surface area (Å²) in [5, 5.41) is 0.515. The van der Waals surface area contributed by atoms with Gasteiger partial charge in [-0.15, -0.1) is 0 Å². The number of carbonyl (C=O) groups is 1. The summed E-state index contributed by atoms with van der Waals surface area (Å²) in [6.45, 7) is 9.93. The highest BCUT2D eigenvalue weighted by Crippen LogP contribution is 2.26. The molecule has 0 bridgehead atoms. The van der Waals surface area contributed by atoms with Gasteiger partial charge in [-0.3, -0.25) is 4.79 Å². The van der Waals surface area contributed by atoms with E-state index in [2.05, 4.69) is 4.98 Å². The summed E-state index contributed by atoms with van der Waals surface area (Å²) in [5.41, 5.74) is 1.04. The maximum atomic E-state index is 12.4. The zero-order valence-electron chi connectivity index (χ0n) is 12.7. The Morgan fingerprint density at radius 3 is 2.62 bits per heavy atom. The Labute approximate surface area is 135 Å². The number of nitrogens with zero attached hydrogens (tertiary/aromatic N) is 2. The van der Waals surface area contributed by atoms with E-state index in [1.54, 1.807) is 17.9 Å². The molecule has 1 aliphatic heterocycles. The molecule has 0 spiro atoms. The molecular formula is C15H20Cl2N2O2. The van der Waals surface area contributed by atoms with Gasteiger partial charge >= 0.3 is 0 Å². The number of pyridine rings is 1. The van der Waals surface area contributed by atoms with E-state index in [4.69, 9.17) is 27.9 Å². The Morgan fingerprint density at radius 2 is 2.05 bits per heavy atom. The Balaban J connectivity index is 1.95. The molecule has 21 heavy (non-hydrogen) atoms. The molecule has 116 valence electrons. The van der Waals surface area contributed by atoms with E-state index in [1.165, 1.54) is 0 Å². The summed E-state index contributed by atoms with van der Waals surface area (Å²) in [5.74, 6) is 0.340. The number of hydrogen-bond acceptors (Lipinski definition) is 3. The fraction of sp³-hybridized carbons (Fsp3) is 0.600. The SMILES string of the molecule is Cc1c(C(=O)N2CC(COC(C)(C)C)C2)cc(Cl)nc1Cl. The zero-order valence-corrected chi connectivity index (χ0v) is 14.3. The first kappa shape index (κ1) is 16.5. The van der Waals surface area contributed by atoms with Gasteiger partial charge in [-0.05, 0) is 39.3 Å². The third-order valence-corrected chi connectivity index (χ3v) is 3.97. The molecule has 0 aliphatic carbocycles. The molecule has 2 heterocycles. The van der Waals surface area contributed by atoms with Crippen LogP contribution in [0, 0.1) is 12.8 Å². The van der Waals surface area contributed by atoms with Gasteiger partial charge in [0.05, 0.1) is 12.2 Å². The second-order valence-electron chi connectivity index (χ2n) is 6.41. The second kappa shape index (κ2) is 6.11. The summed E-state index contributed by atoms with van der Waals surface area (Å²) in [7, 11) is 0. The van der Waals surface area contributed by atoms with E-state index in [9.17, 15) is 4.79 Å². The van der Waals surface area contributed by atoms with E-state index in [0.717, 1.165) is 0 Å². The average molecular weight is 331 g/mol. The van der Waals surface area contributed by atoms with Gasteiger partial charge < -0.3 is 9.64 Å². The molecule has 0 atom stereocenters. The van der Waals surface area contributed by atoms with Crippen LogP contribution in [0.25, 0.3) is 0 Å². The predicted octanol–water partition coefficient (Wildman–Crippen LogP) is 3.58. The van der Waals surface area contributed by atoms with E-state index >= 15 is 0 Å². The number of hydrogen-bond donors (Lipinski definition) is 0. The fourth-order valence-corrected chi connectivity index (χ4v) is 2.58. The van der Waals surface area contributed by atoms with E-state index in [-0.39, 0.29) is 21.8 Å². The monoisotopic (exact) mass is 330 g/mol. The van der Waals surface area contributed by atoms with Crippen LogP contribution in [0.5, 0.6) is 0 Å². The van der Waals surface area contributed by atoms with Gasteiger partial charge in [0.2, 0.25) is 0 Å². The molecule has 0 radical (unpaired) electrons. The molecule has 1 saturated heterocycles. The first-order chi connectivity index (χ1) is 9.67. The Morgan fingerprint density at radius 1 is 1.43 bits per heavy atom. The molecule has 4 nitrogen and oxygen atoms in total. The van der Waals surface area contributed by atoms with Crippen molar-refractivity contribution in [3.8, 4) is 0 Å². The molecule has 2 rings (SSSR count). The molecule has 0 unspecified atom stereocenters. The van der Waals surface area contributed by atoms with Crippen molar-refractivity contribution < 1.29 is 9.53 Å². The minimum absolute atomic E-state index is 0.0503. The van der Waals surface area contributed by atoms with Gasteiger partial charge in [0.1, 0.15) is 10.3 Å². The van der Waals surface area contributed by atoms with Crippen LogP contribution in [0.4, 0.5) is 0 Å². The predicted molar refractivity (Wildman–Crippen MR) is 84.1 cm³/mol. The van der Waals surface area contributed by atoms with Crippen LogP contribution in [0.1, 0.15) is 36.7 Å². The number of carbonyl (C=O) groups excluding carboxylic acids is 1. The van der Waals surface area contributed by atoms with Gasteiger partial charge in [0.25, 0.3) is 5.91 Å². The molecule has 1 amide bonds. The smallest absolute Gasteiger partial charge is 0.254 e. The van der Waals surface area contributed by atoms with Crippen LogP contribution >= 0.6 is 23.2 Å². The van der Waals surface area contributed by atoms with Crippen molar-refractivity contribution in [1.29, 1.82) is 0 Å². The first-order valence-corrected chi connectivity index (χ1v) is 7.69. The van der Waals surface area contributed by atoms with Crippen molar-refractivity contribution in [3.63, 3.8) is 0 Å². The number of aromatic nitrogens is 1. The van der Waals surface area contributed by atoms with Gasteiger partial charge in [-0.2, -0.15) is 0 Å². The third kappa shape index (κ3) is 4.09. The van der Waals surface area contributed by atoms with Gasteiger partial charge in [0.15, 0.2) is 0 Å². The molecular weight excluding hydrogens is 311 g/mol. The van der Waals surface area contributed by atoms with Crippen molar-refractivity contribution in [2.75, 3.05) is 19.7 Å². The van der Waals surface area contributed by atoms with Crippen LogP contribution in [0.15, 0.2) is 6.07 Å². The highest BCUT2D eigenvalue weighted by molar-refractivity contribution is 6.33. The van der Waals surface area contributed by atoms with Crippen LogP contribution in [0.3, 0.4) is 0 Å². The molecule has 1 aromatic rings. The number of rotatable bonds is 3. The normalized spacial score (nSPS) is 16.0. The van der Waals surface area contributed by atoms with Crippen LogP contribution < -0.4 is 0 Å². The molecule has 0 aromatic carbocycles. The summed E-state index contributed by atoms with van der Waals surface area (Å²) in [4.78, 5) is 18.2. The quantitative estimate of drug-likeness (QED) is 0.795. The van der Waals surface area contributed by atoms with Gasteiger partial charge in [-0.1, -0.05) is 23.2 Å².